The van der Waals surface area contributed by atoms with E-state index >= 15 is 0 Å². The maximum Gasteiger partial charge on any atom is 0.234 e. The van der Waals surface area contributed by atoms with Crippen LogP contribution in [-0.2, 0) is 0 Å². The third-order valence-electron chi connectivity index (χ3n) is 3.36. The zero-order chi connectivity index (χ0) is 12.0. The van der Waals surface area contributed by atoms with Gasteiger partial charge < -0.3 is 0 Å². The molecule has 3 nitrogen and oxygen atoms in total. The minimum atomic E-state index is 0.445. The van der Waals surface area contributed by atoms with Crippen LogP contribution in [0.1, 0.15) is 48.1 Å². The highest BCUT2D eigenvalue weighted by Crippen LogP contribution is 2.22. The number of rotatable bonds is 1. The van der Waals surface area contributed by atoms with Crippen molar-refractivity contribution in [3.63, 3.8) is 0 Å². The van der Waals surface area contributed by atoms with Crippen molar-refractivity contribution in [1.82, 2.24) is 14.4 Å². The Morgan fingerprint density at radius 2 is 1.56 bits per heavy atom. The fraction of sp³-hybridized carbons (Fsp3) is 0.538. The molecule has 0 unspecified atom stereocenters. The van der Waals surface area contributed by atoms with Crippen LogP contribution in [0.15, 0.2) is 0 Å². The highest BCUT2D eigenvalue weighted by atomic mass is 15.1. The van der Waals surface area contributed by atoms with Gasteiger partial charge in [-0.2, -0.15) is 0 Å². The van der Waals surface area contributed by atoms with Crippen LogP contribution in [0, 0.1) is 27.7 Å². The van der Waals surface area contributed by atoms with E-state index in [9.17, 15) is 0 Å². The molecule has 0 spiro atoms. The van der Waals surface area contributed by atoms with Gasteiger partial charge in [-0.05, 0) is 39.2 Å². The number of nitrogens with zero attached hydrogens (tertiary/aromatic N) is 3. The third kappa shape index (κ3) is 1.42. The Bertz CT molecular complexity index is 550. The summed E-state index contributed by atoms with van der Waals surface area (Å²) in [5, 5.41) is 0. The van der Waals surface area contributed by atoms with Crippen LogP contribution in [0.4, 0.5) is 0 Å². The van der Waals surface area contributed by atoms with Crippen molar-refractivity contribution < 1.29 is 0 Å². The molecule has 2 heterocycles. The summed E-state index contributed by atoms with van der Waals surface area (Å²) in [6.45, 7) is 12.8. The van der Waals surface area contributed by atoms with Crippen molar-refractivity contribution in [3.05, 3.63) is 28.3 Å². The Balaban J connectivity index is 2.88. The van der Waals surface area contributed by atoms with Gasteiger partial charge in [0.05, 0.1) is 11.4 Å². The van der Waals surface area contributed by atoms with E-state index < -0.39 is 0 Å². The van der Waals surface area contributed by atoms with Gasteiger partial charge in [-0.25, -0.2) is 9.97 Å². The second kappa shape index (κ2) is 3.58. The minimum Gasteiger partial charge on any atom is -0.285 e. The van der Waals surface area contributed by atoms with Crippen molar-refractivity contribution in [2.75, 3.05) is 0 Å². The summed E-state index contributed by atoms with van der Waals surface area (Å²) >= 11 is 0. The van der Waals surface area contributed by atoms with E-state index in [0.29, 0.717) is 5.92 Å². The standard InChI is InChI=1S/C13H19N3/c1-7(2)12-8(3)10(5)16-11(6)9(4)14-13(16)15-12/h7H,1-6H3. The van der Waals surface area contributed by atoms with Crippen molar-refractivity contribution >= 4 is 5.78 Å². The van der Waals surface area contributed by atoms with E-state index in [2.05, 4.69) is 49.0 Å². The van der Waals surface area contributed by atoms with E-state index in [4.69, 9.17) is 0 Å². The van der Waals surface area contributed by atoms with Gasteiger partial charge >= 0.3 is 0 Å². The Hall–Kier alpha value is -1.38. The summed E-state index contributed by atoms with van der Waals surface area (Å²) in [5.74, 6) is 1.28. The molecule has 2 aromatic rings. The summed E-state index contributed by atoms with van der Waals surface area (Å²) in [6, 6.07) is 0. The van der Waals surface area contributed by atoms with Crippen molar-refractivity contribution in [2.24, 2.45) is 0 Å². The van der Waals surface area contributed by atoms with Gasteiger partial charge in [0.1, 0.15) is 0 Å². The van der Waals surface area contributed by atoms with Gasteiger partial charge in [-0.3, -0.25) is 4.40 Å². The zero-order valence-corrected chi connectivity index (χ0v) is 10.9. The number of hydrogen-bond acceptors (Lipinski definition) is 2. The smallest absolute Gasteiger partial charge is 0.234 e. The number of aromatic nitrogens is 3. The average molecular weight is 217 g/mol. The van der Waals surface area contributed by atoms with Gasteiger partial charge in [-0.1, -0.05) is 13.8 Å². The average Bonchev–Trinajstić information content (AvgIpc) is 2.48. The van der Waals surface area contributed by atoms with Gasteiger partial charge in [0, 0.05) is 11.4 Å². The molecule has 0 bridgehead atoms. The molecular formula is C13H19N3. The second-order valence-electron chi connectivity index (χ2n) is 4.78. The van der Waals surface area contributed by atoms with Crippen molar-refractivity contribution in [1.29, 1.82) is 0 Å². The first kappa shape index (κ1) is 11.1. The molecule has 0 saturated heterocycles. The molecule has 86 valence electrons. The van der Waals surface area contributed by atoms with Crippen LogP contribution >= 0.6 is 0 Å². The molecule has 0 saturated carbocycles. The molecule has 0 aliphatic heterocycles. The van der Waals surface area contributed by atoms with Crippen molar-refractivity contribution in [3.8, 4) is 0 Å². The largest absolute Gasteiger partial charge is 0.285 e. The monoisotopic (exact) mass is 217 g/mol. The van der Waals surface area contributed by atoms with Crippen LogP contribution in [0.25, 0.3) is 5.78 Å². The molecule has 0 N–H and O–H groups in total. The Morgan fingerprint density at radius 3 is 2.12 bits per heavy atom. The zero-order valence-electron chi connectivity index (χ0n) is 10.9. The predicted molar refractivity (Wildman–Crippen MR) is 66.0 cm³/mol. The maximum absolute atomic E-state index is 4.67. The molecule has 0 fully saturated rings. The molecule has 0 radical (unpaired) electrons. The fourth-order valence-corrected chi connectivity index (χ4v) is 2.18. The second-order valence-corrected chi connectivity index (χ2v) is 4.78. The van der Waals surface area contributed by atoms with Crippen LogP contribution in [0.2, 0.25) is 0 Å². The molecular weight excluding hydrogens is 198 g/mol. The first-order chi connectivity index (χ1) is 7.43. The van der Waals surface area contributed by atoms with Crippen LogP contribution in [-0.4, -0.2) is 14.4 Å². The lowest BCUT2D eigenvalue weighted by molar-refractivity contribution is 0.793. The van der Waals surface area contributed by atoms with E-state index in [1.54, 1.807) is 0 Å². The minimum absolute atomic E-state index is 0.445. The van der Waals surface area contributed by atoms with Crippen LogP contribution < -0.4 is 0 Å². The Kier molecular flexibility index (Phi) is 2.49. The maximum atomic E-state index is 4.67. The van der Waals surface area contributed by atoms with Gasteiger partial charge in [-0.15, -0.1) is 0 Å². The highest BCUT2D eigenvalue weighted by molar-refractivity contribution is 5.42. The van der Waals surface area contributed by atoms with E-state index in [1.165, 1.54) is 17.0 Å². The highest BCUT2D eigenvalue weighted by Gasteiger charge is 2.14. The number of hydrogen-bond donors (Lipinski definition) is 0. The van der Waals surface area contributed by atoms with E-state index in [0.717, 1.165) is 17.2 Å². The molecule has 2 rings (SSSR count). The molecule has 0 amide bonds. The normalized spacial score (nSPS) is 11.7. The Morgan fingerprint density at radius 1 is 0.938 bits per heavy atom. The number of imidazole rings is 1. The third-order valence-corrected chi connectivity index (χ3v) is 3.36. The summed E-state index contributed by atoms with van der Waals surface area (Å²) in [4.78, 5) is 9.18. The summed E-state index contributed by atoms with van der Waals surface area (Å²) in [6.07, 6.45) is 0. The quantitative estimate of drug-likeness (QED) is 0.734. The van der Waals surface area contributed by atoms with Gasteiger partial charge in [0.2, 0.25) is 5.78 Å². The lowest BCUT2D eigenvalue weighted by Gasteiger charge is -2.13. The summed E-state index contributed by atoms with van der Waals surface area (Å²) < 4.78 is 2.15. The van der Waals surface area contributed by atoms with Gasteiger partial charge in [0.25, 0.3) is 0 Å². The molecule has 0 aromatic carbocycles. The van der Waals surface area contributed by atoms with Crippen LogP contribution in [0.3, 0.4) is 0 Å². The van der Waals surface area contributed by atoms with Crippen molar-refractivity contribution in [2.45, 2.75) is 47.5 Å². The van der Waals surface area contributed by atoms with E-state index in [-0.39, 0.29) is 0 Å². The lowest BCUT2D eigenvalue weighted by atomic mass is 10.0. The fourth-order valence-electron chi connectivity index (χ4n) is 2.18. The summed E-state index contributed by atoms with van der Waals surface area (Å²) in [5.41, 5.74) is 5.96. The first-order valence-corrected chi connectivity index (χ1v) is 5.76. The molecule has 2 aromatic heterocycles. The molecule has 0 atom stereocenters. The first-order valence-electron chi connectivity index (χ1n) is 5.76. The number of fused-ring (bicyclic) bond motifs is 1. The van der Waals surface area contributed by atoms with Gasteiger partial charge in [0.15, 0.2) is 0 Å². The predicted octanol–water partition coefficient (Wildman–Crippen LogP) is 3.09. The topological polar surface area (TPSA) is 30.2 Å². The Labute approximate surface area is 96.5 Å². The SMILES string of the molecule is Cc1nc2nc(C(C)C)c(C)c(C)n2c1C. The molecule has 0 aliphatic carbocycles. The molecule has 0 aliphatic rings. The molecule has 3 heteroatoms. The summed E-state index contributed by atoms with van der Waals surface area (Å²) in [7, 11) is 0. The lowest BCUT2D eigenvalue weighted by Crippen LogP contribution is -2.06. The number of aryl methyl sites for hydroxylation is 3. The van der Waals surface area contributed by atoms with Crippen LogP contribution in [0.5, 0.6) is 0 Å². The van der Waals surface area contributed by atoms with E-state index in [1.807, 2.05) is 6.92 Å². The molecule has 16 heavy (non-hydrogen) atoms.